The first-order valence-corrected chi connectivity index (χ1v) is 7.15. The molecule has 0 spiro atoms. The fourth-order valence-electron chi connectivity index (χ4n) is 1.85. The number of nitrogens with one attached hydrogen (secondary N) is 1. The number of hydrogen-bond donors (Lipinski definition) is 1. The first-order chi connectivity index (χ1) is 8.31. The van der Waals surface area contributed by atoms with Gasteiger partial charge in [0.05, 0.1) is 11.0 Å². The molecular weight excluding hydrogens is 278 g/mol. The first kappa shape index (κ1) is 12.4. The summed E-state index contributed by atoms with van der Waals surface area (Å²) in [6.07, 6.45) is 3.71. The standard InChI is InChI=1S/C13H18BrN3/c1-17(10-6-2-5-9-14)13-15-11-7-3-4-8-12(11)16-13/h3-4,7-8H,2,5-6,9-10H2,1H3,(H,15,16). The Morgan fingerprint density at radius 1 is 1.24 bits per heavy atom. The third kappa shape index (κ3) is 3.22. The molecule has 1 heterocycles. The average Bonchev–Trinajstić information content (AvgIpc) is 2.78. The molecule has 17 heavy (non-hydrogen) atoms. The van der Waals surface area contributed by atoms with Gasteiger partial charge in [0.1, 0.15) is 0 Å². The molecule has 2 rings (SSSR count). The van der Waals surface area contributed by atoms with Crippen molar-refractivity contribution in [2.45, 2.75) is 19.3 Å². The Kier molecular flexibility index (Phi) is 4.42. The normalized spacial score (nSPS) is 10.9. The summed E-state index contributed by atoms with van der Waals surface area (Å²) in [5.41, 5.74) is 2.14. The molecule has 1 N–H and O–H groups in total. The Bertz CT molecular complexity index is 433. The smallest absolute Gasteiger partial charge is 0.203 e. The number of rotatable bonds is 6. The highest BCUT2D eigenvalue weighted by Crippen LogP contribution is 2.16. The highest BCUT2D eigenvalue weighted by molar-refractivity contribution is 9.09. The number of fused-ring (bicyclic) bond motifs is 1. The van der Waals surface area contributed by atoms with E-state index < -0.39 is 0 Å². The number of unbranched alkanes of at least 4 members (excludes halogenated alkanes) is 2. The van der Waals surface area contributed by atoms with Crippen LogP contribution in [0.4, 0.5) is 5.95 Å². The van der Waals surface area contributed by atoms with E-state index >= 15 is 0 Å². The minimum atomic E-state index is 0.963. The lowest BCUT2D eigenvalue weighted by atomic mass is 10.2. The number of aromatic amines is 1. The topological polar surface area (TPSA) is 31.9 Å². The third-order valence-electron chi connectivity index (χ3n) is 2.87. The van der Waals surface area contributed by atoms with Crippen molar-refractivity contribution in [3.63, 3.8) is 0 Å². The van der Waals surface area contributed by atoms with Crippen LogP contribution in [0.5, 0.6) is 0 Å². The van der Waals surface area contributed by atoms with Crippen molar-refractivity contribution in [1.82, 2.24) is 9.97 Å². The minimum absolute atomic E-state index is 0.963. The van der Waals surface area contributed by atoms with Crippen LogP contribution in [0.3, 0.4) is 0 Å². The Balaban J connectivity index is 1.96. The van der Waals surface area contributed by atoms with Gasteiger partial charge in [-0.2, -0.15) is 0 Å². The summed E-state index contributed by atoms with van der Waals surface area (Å²) in [7, 11) is 2.09. The molecule has 3 nitrogen and oxygen atoms in total. The maximum Gasteiger partial charge on any atom is 0.203 e. The van der Waals surface area contributed by atoms with E-state index in [-0.39, 0.29) is 0 Å². The number of imidazole rings is 1. The number of nitrogens with zero attached hydrogens (tertiary/aromatic N) is 2. The summed E-state index contributed by atoms with van der Waals surface area (Å²) in [4.78, 5) is 10.1. The van der Waals surface area contributed by atoms with Crippen LogP contribution in [0.15, 0.2) is 24.3 Å². The van der Waals surface area contributed by atoms with Crippen LogP contribution in [0.25, 0.3) is 11.0 Å². The highest BCUT2D eigenvalue weighted by Gasteiger charge is 2.06. The van der Waals surface area contributed by atoms with E-state index in [1.54, 1.807) is 0 Å². The van der Waals surface area contributed by atoms with E-state index in [0.29, 0.717) is 0 Å². The molecular formula is C13H18BrN3. The molecule has 1 aromatic heterocycles. The van der Waals surface area contributed by atoms with Gasteiger partial charge in [-0.25, -0.2) is 4.98 Å². The Morgan fingerprint density at radius 3 is 2.82 bits per heavy atom. The summed E-state index contributed by atoms with van der Waals surface area (Å²) in [6, 6.07) is 8.14. The van der Waals surface area contributed by atoms with Gasteiger partial charge in [-0.1, -0.05) is 34.5 Å². The molecule has 4 heteroatoms. The van der Waals surface area contributed by atoms with Crippen molar-refractivity contribution in [3.8, 4) is 0 Å². The number of anilines is 1. The predicted molar refractivity (Wildman–Crippen MR) is 77.0 cm³/mol. The van der Waals surface area contributed by atoms with Crippen molar-refractivity contribution in [1.29, 1.82) is 0 Å². The largest absolute Gasteiger partial charge is 0.345 e. The predicted octanol–water partition coefficient (Wildman–Crippen LogP) is 3.56. The maximum atomic E-state index is 4.57. The molecule has 0 aliphatic carbocycles. The number of para-hydroxylation sites is 2. The quantitative estimate of drug-likeness (QED) is 0.653. The molecule has 0 bridgehead atoms. The van der Waals surface area contributed by atoms with Gasteiger partial charge in [0.15, 0.2) is 0 Å². The molecule has 0 atom stereocenters. The zero-order valence-electron chi connectivity index (χ0n) is 10.1. The summed E-state index contributed by atoms with van der Waals surface area (Å²) in [5, 5.41) is 1.10. The lowest BCUT2D eigenvalue weighted by Gasteiger charge is -2.15. The molecule has 1 aromatic carbocycles. The summed E-state index contributed by atoms with van der Waals surface area (Å²) < 4.78 is 0. The van der Waals surface area contributed by atoms with Crippen LogP contribution in [-0.4, -0.2) is 28.9 Å². The van der Waals surface area contributed by atoms with Crippen LogP contribution in [-0.2, 0) is 0 Å². The van der Waals surface area contributed by atoms with Gasteiger partial charge in [0, 0.05) is 18.9 Å². The fraction of sp³-hybridized carbons (Fsp3) is 0.462. The highest BCUT2D eigenvalue weighted by atomic mass is 79.9. The number of H-pyrrole nitrogens is 1. The number of halogens is 1. The molecule has 0 aliphatic rings. The second-order valence-corrected chi connectivity index (χ2v) is 5.04. The molecule has 0 amide bonds. The second kappa shape index (κ2) is 6.05. The molecule has 92 valence electrons. The van der Waals surface area contributed by atoms with E-state index in [9.17, 15) is 0 Å². The van der Waals surface area contributed by atoms with Gasteiger partial charge >= 0.3 is 0 Å². The van der Waals surface area contributed by atoms with Gasteiger partial charge < -0.3 is 9.88 Å². The number of benzene rings is 1. The van der Waals surface area contributed by atoms with Gasteiger partial charge in [-0.05, 0) is 25.0 Å². The summed E-state index contributed by atoms with van der Waals surface area (Å²) >= 11 is 3.45. The van der Waals surface area contributed by atoms with Crippen molar-refractivity contribution in [2.24, 2.45) is 0 Å². The van der Waals surface area contributed by atoms with Crippen LogP contribution in [0, 0.1) is 0 Å². The van der Waals surface area contributed by atoms with Gasteiger partial charge in [0.2, 0.25) is 5.95 Å². The number of alkyl halides is 1. The molecule has 0 unspecified atom stereocenters. The molecule has 0 fully saturated rings. The van der Waals surface area contributed by atoms with E-state index in [1.807, 2.05) is 18.2 Å². The third-order valence-corrected chi connectivity index (χ3v) is 3.43. The first-order valence-electron chi connectivity index (χ1n) is 6.03. The number of hydrogen-bond acceptors (Lipinski definition) is 2. The molecule has 0 aliphatic heterocycles. The van der Waals surface area contributed by atoms with Crippen LogP contribution >= 0.6 is 15.9 Å². The van der Waals surface area contributed by atoms with Crippen LogP contribution in [0.1, 0.15) is 19.3 Å². The van der Waals surface area contributed by atoms with E-state index in [2.05, 4.69) is 43.9 Å². The molecule has 2 aromatic rings. The van der Waals surface area contributed by atoms with Crippen molar-refractivity contribution in [3.05, 3.63) is 24.3 Å². The van der Waals surface area contributed by atoms with E-state index in [1.165, 1.54) is 19.3 Å². The molecule has 0 saturated carbocycles. The zero-order valence-corrected chi connectivity index (χ0v) is 11.7. The van der Waals surface area contributed by atoms with E-state index in [0.717, 1.165) is 28.9 Å². The van der Waals surface area contributed by atoms with Crippen molar-refractivity contribution in [2.75, 3.05) is 23.8 Å². The van der Waals surface area contributed by atoms with Gasteiger partial charge in [0.25, 0.3) is 0 Å². The van der Waals surface area contributed by atoms with Gasteiger partial charge in [-0.15, -0.1) is 0 Å². The Hall–Kier alpha value is -1.03. The average molecular weight is 296 g/mol. The monoisotopic (exact) mass is 295 g/mol. The Labute approximate surface area is 110 Å². The number of aromatic nitrogens is 2. The van der Waals surface area contributed by atoms with Gasteiger partial charge in [-0.3, -0.25) is 0 Å². The Morgan fingerprint density at radius 2 is 2.06 bits per heavy atom. The lowest BCUT2D eigenvalue weighted by Crippen LogP contribution is -2.19. The summed E-state index contributed by atoms with van der Waals surface area (Å²) in [5.74, 6) is 0.963. The maximum absolute atomic E-state index is 4.57. The minimum Gasteiger partial charge on any atom is -0.345 e. The van der Waals surface area contributed by atoms with E-state index in [4.69, 9.17) is 0 Å². The van der Waals surface area contributed by atoms with Crippen molar-refractivity contribution < 1.29 is 0 Å². The lowest BCUT2D eigenvalue weighted by molar-refractivity contribution is 0.704. The second-order valence-electron chi connectivity index (χ2n) is 4.25. The van der Waals surface area contributed by atoms with Crippen LogP contribution in [0.2, 0.25) is 0 Å². The zero-order chi connectivity index (χ0) is 12.1. The molecule has 0 radical (unpaired) electrons. The fourth-order valence-corrected chi connectivity index (χ4v) is 2.24. The van der Waals surface area contributed by atoms with Crippen molar-refractivity contribution >= 4 is 32.9 Å². The summed E-state index contributed by atoms with van der Waals surface area (Å²) in [6.45, 7) is 1.05. The molecule has 0 saturated heterocycles. The van der Waals surface area contributed by atoms with Crippen LogP contribution < -0.4 is 4.90 Å². The SMILES string of the molecule is CN(CCCCCBr)c1nc2ccccc2[nH]1.